The van der Waals surface area contributed by atoms with Crippen molar-refractivity contribution in [1.29, 1.82) is 0 Å². The molecule has 0 spiro atoms. The molecule has 0 radical (unpaired) electrons. The van der Waals surface area contributed by atoms with Crippen LogP contribution in [0.2, 0.25) is 0 Å². The Morgan fingerprint density at radius 2 is 0.886 bits per heavy atom. The van der Waals surface area contributed by atoms with Gasteiger partial charge in [0.25, 0.3) is 0 Å². The van der Waals surface area contributed by atoms with Gasteiger partial charge < -0.3 is 4.74 Å². The van der Waals surface area contributed by atoms with Crippen LogP contribution in [0, 0.1) is 0 Å². The van der Waals surface area contributed by atoms with E-state index in [2.05, 4.69) is 0 Å². The van der Waals surface area contributed by atoms with Crippen molar-refractivity contribution in [2.45, 2.75) is 0 Å². The van der Waals surface area contributed by atoms with Gasteiger partial charge >= 0.3 is 11.9 Å². The highest BCUT2D eigenvalue weighted by atomic mass is 16.6. The lowest BCUT2D eigenvalue weighted by atomic mass is 9.84. The molecular weight excluding hydrogens is 432 g/mol. The van der Waals surface area contributed by atoms with Gasteiger partial charge in [-0.2, -0.15) is 0 Å². The first-order valence-electron chi connectivity index (χ1n) is 11.4. The monoisotopic (exact) mass is 454 g/mol. The largest absolute Gasteiger partial charge is 0.386 e. The highest BCUT2D eigenvalue weighted by Crippen LogP contribution is 2.42. The maximum Gasteiger partial charge on any atom is 0.346 e. The minimum absolute atomic E-state index is 0.325. The van der Waals surface area contributed by atoms with Crippen LogP contribution in [-0.2, 0) is 4.74 Å². The predicted molar refractivity (Wildman–Crippen MR) is 139 cm³/mol. The van der Waals surface area contributed by atoms with E-state index in [0.717, 1.165) is 33.4 Å². The quantitative estimate of drug-likeness (QED) is 0.202. The molecule has 0 aromatic heterocycles. The second kappa shape index (κ2) is 10.0. The number of esters is 2. The Labute approximate surface area is 204 Å². The van der Waals surface area contributed by atoms with Crippen molar-refractivity contribution in [2.75, 3.05) is 0 Å². The number of carbonyl (C=O) groups is 2. The Bertz CT molecular complexity index is 1460. The molecule has 5 aromatic carbocycles. The predicted octanol–water partition coefficient (Wildman–Crippen LogP) is 7.68. The van der Waals surface area contributed by atoms with Gasteiger partial charge in [-0.1, -0.05) is 115 Å². The van der Waals surface area contributed by atoms with Crippen LogP contribution in [0.4, 0.5) is 0 Å². The second-order valence-corrected chi connectivity index (χ2v) is 8.05. The normalized spacial score (nSPS) is 10.5. The lowest BCUT2D eigenvalue weighted by Crippen LogP contribution is -2.14. The molecular formula is C32H22O3. The number of rotatable bonds is 5. The van der Waals surface area contributed by atoms with Gasteiger partial charge in [0.2, 0.25) is 0 Å². The summed E-state index contributed by atoms with van der Waals surface area (Å²) < 4.78 is 5.34. The van der Waals surface area contributed by atoms with Crippen molar-refractivity contribution in [3.05, 3.63) is 145 Å². The van der Waals surface area contributed by atoms with E-state index >= 15 is 0 Å². The molecule has 168 valence electrons. The molecule has 0 atom stereocenters. The first-order chi connectivity index (χ1) is 17.2. The van der Waals surface area contributed by atoms with Crippen LogP contribution < -0.4 is 0 Å². The van der Waals surface area contributed by atoms with Crippen LogP contribution in [0.5, 0.6) is 0 Å². The highest BCUT2D eigenvalue weighted by Gasteiger charge is 2.24. The van der Waals surface area contributed by atoms with Crippen molar-refractivity contribution >= 4 is 11.9 Å². The summed E-state index contributed by atoms with van der Waals surface area (Å²) >= 11 is 0. The smallest absolute Gasteiger partial charge is 0.346 e. The molecule has 0 aliphatic carbocycles. The molecule has 0 amide bonds. The van der Waals surface area contributed by atoms with Crippen LogP contribution in [-0.4, -0.2) is 11.9 Å². The number of hydrogen-bond acceptors (Lipinski definition) is 3. The lowest BCUT2D eigenvalue weighted by molar-refractivity contribution is 0.0398. The molecule has 0 aliphatic heterocycles. The Hall–Kier alpha value is -4.76. The summed E-state index contributed by atoms with van der Waals surface area (Å²) in [5.41, 5.74) is 6.14. The summed E-state index contributed by atoms with van der Waals surface area (Å²) in [7, 11) is 0. The number of ether oxygens (including phenoxy) is 1. The average Bonchev–Trinajstić information content (AvgIpc) is 2.94. The highest BCUT2D eigenvalue weighted by molar-refractivity contribution is 6.10. The van der Waals surface area contributed by atoms with Gasteiger partial charge in [0.1, 0.15) is 0 Å². The van der Waals surface area contributed by atoms with Gasteiger partial charge in [-0.25, -0.2) is 9.59 Å². The van der Waals surface area contributed by atoms with Crippen molar-refractivity contribution in [1.82, 2.24) is 0 Å². The molecule has 5 rings (SSSR count). The Kier molecular flexibility index (Phi) is 6.31. The molecule has 3 nitrogen and oxygen atoms in total. The van der Waals surface area contributed by atoms with Crippen molar-refractivity contribution < 1.29 is 14.3 Å². The summed E-state index contributed by atoms with van der Waals surface area (Å²) in [6, 6.07) is 42.0. The molecule has 3 heteroatoms. The first kappa shape index (κ1) is 22.1. The molecule has 0 saturated carbocycles. The van der Waals surface area contributed by atoms with Gasteiger partial charge in [-0.15, -0.1) is 0 Å². The van der Waals surface area contributed by atoms with Crippen LogP contribution in [0.25, 0.3) is 33.4 Å². The molecule has 0 aliphatic rings. The van der Waals surface area contributed by atoms with E-state index in [1.54, 1.807) is 36.4 Å². The van der Waals surface area contributed by atoms with E-state index in [-0.39, 0.29) is 0 Å². The third-order valence-electron chi connectivity index (χ3n) is 5.83. The van der Waals surface area contributed by atoms with E-state index in [1.807, 2.05) is 97.1 Å². The minimum atomic E-state index is -0.686. The van der Waals surface area contributed by atoms with E-state index in [9.17, 15) is 9.59 Å². The third kappa shape index (κ3) is 4.66. The summed E-state index contributed by atoms with van der Waals surface area (Å²) in [5.74, 6) is -1.36. The maximum absolute atomic E-state index is 13.4. The summed E-state index contributed by atoms with van der Waals surface area (Å²) in [6.45, 7) is 0. The van der Waals surface area contributed by atoms with Crippen LogP contribution >= 0.6 is 0 Å². The molecule has 0 bridgehead atoms. The topological polar surface area (TPSA) is 43.4 Å². The van der Waals surface area contributed by atoms with E-state index in [1.165, 1.54) is 0 Å². The molecule has 0 unspecified atom stereocenters. The molecule has 0 N–H and O–H groups in total. The number of carbonyl (C=O) groups excluding carboxylic acids is 2. The van der Waals surface area contributed by atoms with Crippen LogP contribution in [0.15, 0.2) is 133 Å². The molecule has 0 saturated heterocycles. The number of hydrogen-bond donors (Lipinski definition) is 0. The maximum atomic E-state index is 13.4. The SMILES string of the molecule is O=C(OC(=O)c1ccc(-c2ccccc2)c(-c2ccccc2)c1-c1ccccc1)c1ccccc1. The summed E-state index contributed by atoms with van der Waals surface area (Å²) in [4.78, 5) is 26.1. The third-order valence-corrected chi connectivity index (χ3v) is 5.83. The van der Waals surface area contributed by atoms with Gasteiger partial charge in [0, 0.05) is 5.56 Å². The van der Waals surface area contributed by atoms with Gasteiger partial charge in [-0.05, 0) is 46.0 Å². The van der Waals surface area contributed by atoms with Gasteiger partial charge in [-0.3, -0.25) is 0 Å². The minimum Gasteiger partial charge on any atom is -0.386 e. The fraction of sp³-hybridized carbons (Fsp3) is 0. The molecule has 0 heterocycles. The van der Waals surface area contributed by atoms with E-state index in [4.69, 9.17) is 4.74 Å². The Morgan fingerprint density at radius 1 is 0.429 bits per heavy atom. The van der Waals surface area contributed by atoms with Crippen molar-refractivity contribution in [3.63, 3.8) is 0 Å². The lowest BCUT2D eigenvalue weighted by Gasteiger charge is -2.19. The molecule has 0 fully saturated rings. The Balaban J connectivity index is 1.72. The zero-order valence-electron chi connectivity index (χ0n) is 18.9. The molecule has 35 heavy (non-hydrogen) atoms. The summed E-state index contributed by atoms with van der Waals surface area (Å²) in [5, 5.41) is 0. The zero-order valence-corrected chi connectivity index (χ0v) is 18.9. The van der Waals surface area contributed by atoms with Crippen molar-refractivity contribution in [3.8, 4) is 33.4 Å². The first-order valence-corrected chi connectivity index (χ1v) is 11.4. The van der Waals surface area contributed by atoms with E-state index in [0.29, 0.717) is 11.1 Å². The zero-order chi connectivity index (χ0) is 24.0. The second-order valence-electron chi connectivity index (χ2n) is 8.05. The molecule has 5 aromatic rings. The van der Waals surface area contributed by atoms with Crippen molar-refractivity contribution in [2.24, 2.45) is 0 Å². The van der Waals surface area contributed by atoms with Gasteiger partial charge in [0.15, 0.2) is 0 Å². The van der Waals surface area contributed by atoms with Gasteiger partial charge in [0.05, 0.1) is 11.1 Å². The Morgan fingerprint density at radius 3 is 1.43 bits per heavy atom. The summed E-state index contributed by atoms with van der Waals surface area (Å²) in [6.07, 6.45) is 0. The average molecular weight is 455 g/mol. The number of benzene rings is 5. The van der Waals surface area contributed by atoms with Crippen LogP contribution in [0.1, 0.15) is 20.7 Å². The fourth-order valence-electron chi connectivity index (χ4n) is 4.21. The fourth-order valence-corrected chi connectivity index (χ4v) is 4.21. The van der Waals surface area contributed by atoms with Crippen LogP contribution in [0.3, 0.4) is 0 Å². The standard InChI is InChI=1S/C32H22O3/c33-31(26-19-11-4-12-20-26)35-32(34)28-22-21-27(23-13-5-1-6-14-23)29(24-15-7-2-8-16-24)30(28)25-17-9-3-10-18-25/h1-22H. The van der Waals surface area contributed by atoms with E-state index < -0.39 is 11.9 Å².